The van der Waals surface area contributed by atoms with Crippen molar-refractivity contribution in [2.45, 2.75) is 11.8 Å². The first-order valence-electron chi connectivity index (χ1n) is 5.62. The maximum atomic E-state index is 13.8. The van der Waals surface area contributed by atoms with Gasteiger partial charge in [-0.2, -0.15) is 0 Å². The average Bonchev–Trinajstić information content (AvgIpc) is 2.72. The highest BCUT2D eigenvalue weighted by atomic mass is 35.5. The number of carboxylic acid groups (broad SMARTS) is 1. The molecule has 6 nitrogen and oxygen atoms in total. The maximum absolute atomic E-state index is 13.8. The molecule has 112 valence electrons. The first-order valence-corrected chi connectivity index (χ1v) is 7.48. The van der Waals surface area contributed by atoms with Crippen molar-refractivity contribution in [2.75, 3.05) is 4.72 Å². The van der Waals surface area contributed by atoms with Crippen molar-refractivity contribution >= 4 is 33.3 Å². The second kappa shape index (κ2) is 5.38. The Balaban J connectivity index is 2.47. The summed E-state index contributed by atoms with van der Waals surface area (Å²) in [5, 5.41) is 8.64. The molecule has 1 aromatic heterocycles. The van der Waals surface area contributed by atoms with Crippen molar-refractivity contribution in [3.63, 3.8) is 0 Å². The fourth-order valence-electron chi connectivity index (χ4n) is 1.73. The predicted octanol–water partition coefficient (Wildman–Crippen LogP) is 2.61. The van der Waals surface area contributed by atoms with Crippen LogP contribution in [0.25, 0.3) is 0 Å². The Morgan fingerprint density at radius 3 is 2.71 bits per heavy atom. The number of hydrogen-bond acceptors (Lipinski definition) is 3. The van der Waals surface area contributed by atoms with E-state index < -0.39 is 26.7 Å². The van der Waals surface area contributed by atoms with Crippen molar-refractivity contribution in [3.8, 4) is 0 Å². The summed E-state index contributed by atoms with van der Waals surface area (Å²) in [7, 11) is -4.30. The molecule has 0 saturated carbocycles. The topological polar surface area (TPSA) is 99.3 Å². The number of aromatic carboxylic acids is 1. The number of carbonyl (C=O) groups is 1. The van der Waals surface area contributed by atoms with E-state index in [0.29, 0.717) is 5.69 Å². The molecule has 0 radical (unpaired) electrons. The minimum atomic E-state index is -4.30. The van der Waals surface area contributed by atoms with Crippen LogP contribution in [0.1, 0.15) is 16.2 Å². The van der Waals surface area contributed by atoms with E-state index in [0.717, 1.165) is 6.07 Å². The number of halogens is 2. The number of H-pyrrole nitrogens is 1. The smallest absolute Gasteiger partial charge is 0.354 e. The Morgan fingerprint density at radius 1 is 1.43 bits per heavy atom. The largest absolute Gasteiger partial charge is 0.477 e. The standard InChI is InChI=1S/C12H10ClFN2O4S/c1-6-5-8(11(15-6)12(17)18)16-21(19,20)9-4-2-3-7(13)10(9)14/h2-5,15-16H,1H3,(H,17,18). The molecule has 0 aliphatic carbocycles. The molecule has 0 spiro atoms. The van der Waals surface area contributed by atoms with Crippen molar-refractivity contribution in [1.82, 2.24) is 4.98 Å². The maximum Gasteiger partial charge on any atom is 0.354 e. The van der Waals surface area contributed by atoms with Gasteiger partial charge in [0.2, 0.25) is 0 Å². The van der Waals surface area contributed by atoms with Gasteiger partial charge < -0.3 is 10.1 Å². The van der Waals surface area contributed by atoms with Gasteiger partial charge in [0.05, 0.1) is 10.7 Å². The SMILES string of the molecule is Cc1cc(NS(=O)(=O)c2cccc(Cl)c2F)c(C(=O)O)[nH]1. The average molecular weight is 333 g/mol. The zero-order valence-electron chi connectivity index (χ0n) is 10.6. The number of carboxylic acids is 1. The van der Waals surface area contributed by atoms with Gasteiger partial charge in [-0.3, -0.25) is 4.72 Å². The van der Waals surface area contributed by atoms with E-state index in [9.17, 15) is 17.6 Å². The molecular weight excluding hydrogens is 323 g/mol. The van der Waals surface area contributed by atoms with Gasteiger partial charge in [-0.15, -0.1) is 0 Å². The molecule has 0 amide bonds. The third kappa shape index (κ3) is 3.01. The molecular formula is C12H10ClFN2O4S. The molecule has 9 heteroatoms. The zero-order valence-corrected chi connectivity index (χ0v) is 12.2. The summed E-state index contributed by atoms with van der Waals surface area (Å²) in [4.78, 5) is 12.9. The van der Waals surface area contributed by atoms with Gasteiger partial charge in [0.15, 0.2) is 5.82 Å². The predicted molar refractivity (Wildman–Crippen MR) is 74.7 cm³/mol. The lowest BCUT2D eigenvalue weighted by atomic mass is 10.3. The monoisotopic (exact) mass is 332 g/mol. The van der Waals surface area contributed by atoms with Crippen molar-refractivity contribution < 1.29 is 22.7 Å². The van der Waals surface area contributed by atoms with E-state index in [4.69, 9.17) is 16.7 Å². The van der Waals surface area contributed by atoms with Crippen LogP contribution >= 0.6 is 11.6 Å². The highest BCUT2D eigenvalue weighted by Crippen LogP contribution is 2.25. The number of hydrogen-bond donors (Lipinski definition) is 3. The number of rotatable bonds is 4. The summed E-state index contributed by atoms with van der Waals surface area (Å²) in [5.41, 5.74) is -0.0745. The molecule has 21 heavy (non-hydrogen) atoms. The molecule has 1 heterocycles. The molecule has 0 aliphatic rings. The lowest BCUT2D eigenvalue weighted by molar-refractivity contribution is 0.0692. The van der Waals surface area contributed by atoms with Crippen LogP contribution in [0.5, 0.6) is 0 Å². The first-order chi connectivity index (χ1) is 9.72. The lowest BCUT2D eigenvalue weighted by Gasteiger charge is -2.09. The third-order valence-electron chi connectivity index (χ3n) is 2.62. The van der Waals surface area contributed by atoms with E-state index in [2.05, 4.69) is 4.98 Å². The second-order valence-electron chi connectivity index (χ2n) is 4.20. The molecule has 0 fully saturated rings. The van der Waals surface area contributed by atoms with Crippen LogP contribution in [0.3, 0.4) is 0 Å². The van der Waals surface area contributed by atoms with Crippen molar-refractivity contribution in [2.24, 2.45) is 0 Å². The molecule has 1 aromatic carbocycles. The molecule has 2 aromatic rings. The second-order valence-corrected chi connectivity index (χ2v) is 6.26. The van der Waals surface area contributed by atoms with Crippen LogP contribution in [0.4, 0.5) is 10.1 Å². The lowest BCUT2D eigenvalue weighted by Crippen LogP contribution is -2.16. The quantitative estimate of drug-likeness (QED) is 0.801. The Kier molecular flexibility index (Phi) is 3.93. The molecule has 0 atom stereocenters. The van der Waals surface area contributed by atoms with Gasteiger partial charge in [0.25, 0.3) is 10.0 Å². The summed E-state index contributed by atoms with van der Waals surface area (Å²) in [6, 6.07) is 4.81. The van der Waals surface area contributed by atoms with Crippen LogP contribution in [-0.4, -0.2) is 24.5 Å². The van der Waals surface area contributed by atoms with Crippen LogP contribution in [0.2, 0.25) is 5.02 Å². The summed E-state index contributed by atoms with van der Waals surface area (Å²) < 4.78 is 40.1. The van der Waals surface area contributed by atoms with E-state index in [1.807, 2.05) is 4.72 Å². The Hall–Kier alpha value is -2.06. The van der Waals surface area contributed by atoms with Crippen LogP contribution in [-0.2, 0) is 10.0 Å². The highest BCUT2D eigenvalue weighted by molar-refractivity contribution is 7.92. The number of sulfonamides is 1. The van der Waals surface area contributed by atoms with Gasteiger partial charge in [-0.1, -0.05) is 17.7 Å². The van der Waals surface area contributed by atoms with Crippen molar-refractivity contribution in [3.05, 3.63) is 46.5 Å². The van der Waals surface area contributed by atoms with E-state index in [1.54, 1.807) is 6.92 Å². The number of aromatic nitrogens is 1. The molecule has 0 saturated heterocycles. The van der Waals surface area contributed by atoms with E-state index in [1.165, 1.54) is 18.2 Å². The van der Waals surface area contributed by atoms with Gasteiger partial charge >= 0.3 is 5.97 Å². The molecule has 2 rings (SSSR count). The Labute approximate surface area is 124 Å². The van der Waals surface area contributed by atoms with Crippen LogP contribution in [0, 0.1) is 12.7 Å². The zero-order chi connectivity index (χ0) is 15.8. The number of aryl methyl sites for hydroxylation is 1. The molecule has 0 unspecified atom stereocenters. The van der Waals surface area contributed by atoms with Crippen LogP contribution in [0.15, 0.2) is 29.2 Å². The molecule has 0 bridgehead atoms. The summed E-state index contributed by atoms with van der Waals surface area (Å²) in [6.45, 7) is 1.56. The number of benzene rings is 1. The fraction of sp³-hybridized carbons (Fsp3) is 0.0833. The van der Waals surface area contributed by atoms with Gasteiger partial charge in [-0.25, -0.2) is 17.6 Å². The fourth-order valence-corrected chi connectivity index (χ4v) is 3.12. The van der Waals surface area contributed by atoms with Gasteiger partial charge in [-0.05, 0) is 25.1 Å². The summed E-state index contributed by atoms with van der Waals surface area (Å²) in [5.74, 6) is -2.44. The first kappa shape index (κ1) is 15.3. The Bertz CT molecular complexity index is 817. The number of anilines is 1. The number of nitrogens with one attached hydrogen (secondary N) is 2. The molecule has 0 aliphatic heterocycles. The third-order valence-corrected chi connectivity index (χ3v) is 4.29. The number of aromatic amines is 1. The Morgan fingerprint density at radius 2 is 2.10 bits per heavy atom. The minimum absolute atomic E-state index is 0.181. The van der Waals surface area contributed by atoms with E-state index in [-0.39, 0.29) is 16.4 Å². The summed E-state index contributed by atoms with van der Waals surface area (Å²) >= 11 is 5.54. The molecule has 3 N–H and O–H groups in total. The van der Waals surface area contributed by atoms with Gasteiger partial charge in [0.1, 0.15) is 10.6 Å². The summed E-state index contributed by atoms with van der Waals surface area (Å²) in [6.07, 6.45) is 0. The van der Waals surface area contributed by atoms with E-state index >= 15 is 0 Å². The minimum Gasteiger partial charge on any atom is -0.477 e. The van der Waals surface area contributed by atoms with Crippen molar-refractivity contribution in [1.29, 1.82) is 0 Å². The van der Waals surface area contributed by atoms with Crippen LogP contribution < -0.4 is 4.72 Å². The van der Waals surface area contributed by atoms with Gasteiger partial charge in [0, 0.05) is 5.69 Å². The normalized spacial score (nSPS) is 11.4. The highest BCUT2D eigenvalue weighted by Gasteiger charge is 2.24.